The Hall–Kier alpha value is -3.59. The highest BCUT2D eigenvalue weighted by Crippen LogP contribution is 2.32. The lowest BCUT2D eigenvalue weighted by atomic mass is 10.1. The fourth-order valence-corrected chi connectivity index (χ4v) is 4.00. The fourth-order valence-electron chi connectivity index (χ4n) is 3.40. The summed E-state index contributed by atoms with van der Waals surface area (Å²) < 4.78 is 18.3. The number of ether oxygens (including phenoxy) is 3. The van der Waals surface area contributed by atoms with Gasteiger partial charge in [0.05, 0.1) is 31.0 Å². The highest BCUT2D eigenvalue weighted by atomic mass is 79.9. The molecule has 0 radical (unpaired) electrons. The molecule has 2 aromatic carbocycles. The van der Waals surface area contributed by atoms with E-state index in [0.29, 0.717) is 39.8 Å². The summed E-state index contributed by atoms with van der Waals surface area (Å²) >= 11 is 3.63. The van der Waals surface area contributed by atoms with Gasteiger partial charge in [-0.2, -0.15) is 0 Å². The molecule has 0 aliphatic carbocycles. The fraction of sp³-hybridized carbons (Fsp3) is 0.208. The maximum absolute atomic E-state index is 12.3. The summed E-state index contributed by atoms with van der Waals surface area (Å²) in [6.07, 6.45) is 1.62. The lowest BCUT2D eigenvalue weighted by Gasteiger charge is -2.14. The number of benzene rings is 2. The number of methoxy groups -OCH3 is 2. The van der Waals surface area contributed by atoms with E-state index >= 15 is 0 Å². The van der Waals surface area contributed by atoms with Crippen LogP contribution in [0.5, 0.6) is 11.5 Å². The molecule has 0 amide bonds. The molecule has 0 aliphatic rings. The van der Waals surface area contributed by atoms with Gasteiger partial charge >= 0.3 is 5.97 Å². The molecule has 2 aromatic heterocycles. The number of anilines is 1. The number of carbonyl (C=O) groups excluding carboxylic acids is 1. The van der Waals surface area contributed by atoms with Crippen LogP contribution in [-0.2, 0) is 11.3 Å². The normalized spacial score (nSPS) is 10.8. The summed E-state index contributed by atoms with van der Waals surface area (Å²) in [5.41, 5.74) is 3.29. The van der Waals surface area contributed by atoms with Crippen molar-refractivity contribution in [3.63, 3.8) is 0 Å². The van der Waals surface area contributed by atoms with Crippen molar-refractivity contribution >= 4 is 33.5 Å². The first-order chi connectivity index (χ1) is 16.0. The molecule has 8 nitrogen and oxygen atoms in total. The monoisotopic (exact) mass is 510 g/mol. The quantitative estimate of drug-likeness (QED) is 0.335. The summed E-state index contributed by atoms with van der Waals surface area (Å²) in [5, 5.41) is 3.36. The van der Waals surface area contributed by atoms with Crippen molar-refractivity contribution in [1.29, 1.82) is 0 Å². The van der Waals surface area contributed by atoms with Gasteiger partial charge in [0, 0.05) is 29.9 Å². The van der Waals surface area contributed by atoms with E-state index < -0.39 is 5.97 Å². The van der Waals surface area contributed by atoms with Crippen molar-refractivity contribution in [2.24, 2.45) is 0 Å². The van der Waals surface area contributed by atoms with Gasteiger partial charge < -0.3 is 19.5 Å². The second-order valence-corrected chi connectivity index (χ2v) is 7.83. The number of aromatic nitrogens is 3. The Labute approximate surface area is 199 Å². The van der Waals surface area contributed by atoms with Crippen molar-refractivity contribution in [2.75, 3.05) is 26.1 Å². The van der Waals surface area contributed by atoms with Crippen LogP contribution in [0, 0.1) is 0 Å². The first-order valence-electron chi connectivity index (χ1n) is 10.3. The van der Waals surface area contributed by atoms with Crippen molar-refractivity contribution in [1.82, 2.24) is 14.4 Å². The number of nitrogens with zero attached hydrogens (tertiary/aromatic N) is 3. The molecule has 4 aromatic rings. The summed E-state index contributed by atoms with van der Waals surface area (Å²) in [6, 6.07) is 15.4. The standard InChI is InChI=1S/C24H23BrN4O4/c1-4-33-23(30)18-14-29-22(27-18)20(25)21(15-8-6-5-7-9-15)28-24(29)26-13-16-10-11-17(31-2)12-19(16)32-3/h5-12,14H,4,13H2,1-3H3,(H,26,28). The van der Waals surface area contributed by atoms with E-state index in [0.717, 1.165) is 11.1 Å². The molecule has 0 unspecified atom stereocenters. The van der Waals surface area contributed by atoms with Gasteiger partial charge in [-0.25, -0.2) is 14.8 Å². The van der Waals surface area contributed by atoms with Crippen molar-refractivity contribution in [2.45, 2.75) is 13.5 Å². The Kier molecular flexibility index (Phi) is 6.79. The minimum atomic E-state index is -0.489. The molecule has 9 heteroatoms. The van der Waals surface area contributed by atoms with Gasteiger partial charge in [-0.05, 0) is 35.0 Å². The highest BCUT2D eigenvalue weighted by molar-refractivity contribution is 9.10. The van der Waals surface area contributed by atoms with Gasteiger partial charge in [-0.1, -0.05) is 30.3 Å². The van der Waals surface area contributed by atoms with Crippen LogP contribution < -0.4 is 14.8 Å². The largest absolute Gasteiger partial charge is 0.497 e. The molecular formula is C24H23BrN4O4. The zero-order chi connectivity index (χ0) is 23.4. The number of hydrogen-bond acceptors (Lipinski definition) is 7. The number of carbonyl (C=O) groups is 1. The third-order valence-corrected chi connectivity index (χ3v) is 5.75. The van der Waals surface area contributed by atoms with E-state index in [1.54, 1.807) is 31.7 Å². The van der Waals surface area contributed by atoms with Crippen LogP contribution >= 0.6 is 15.9 Å². The average molecular weight is 511 g/mol. The molecule has 0 bridgehead atoms. The SMILES string of the molecule is CCOC(=O)c1cn2c(NCc3ccc(OC)cc3OC)nc(-c3ccccc3)c(Br)c2n1. The number of hydrogen-bond donors (Lipinski definition) is 1. The Morgan fingerprint density at radius 1 is 1.09 bits per heavy atom. The summed E-state index contributed by atoms with van der Waals surface area (Å²) in [5.74, 6) is 1.43. The second kappa shape index (κ2) is 9.91. The zero-order valence-electron chi connectivity index (χ0n) is 18.5. The van der Waals surface area contributed by atoms with Gasteiger partial charge in [-0.15, -0.1) is 0 Å². The van der Waals surface area contributed by atoms with Gasteiger partial charge in [0.15, 0.2) is 11.3 Å². The Morgan fingerprint density at radius 2 is 1.88 bits per heavy atom. The Morgan fingerprint density at radius 3 is 2.58 bits per heavy atom. The molecule has 2 heterocycles. The van der Waals surface area contributed by atoms with Crippen LogP contribution in [0.1, 0.15) is 23.0 Å². The van der Waals surface area contributed by atoms with Crippen molar-refractivity contribution < 1.29 is 19.0 Å². The molecule has 170 valence electrons. The lowest BCUT2D eigenvalue weighted by molar-refractivity contribution is 0.0520. The smallest absolute Gasteiger partial charge is 0.358 e. The molecule has 33 heavy (non-hydrogen) atoms. The topological polar surface area (TPSA) is 87.0 Å². The van der Waals surface area contributed by atoms with E-state index in [-0.39, 0.29) is 12.3 Å². The van der Waals surface area contributed by atoms with Crippen LogP contribution in [0.3, 0.4) is 0 Å². The minimum absolute atomic E-state index is 0.203. The summed E-state index contributed by atoms with van der Waals surface area (Å²) in [4.78, 5) is 21.7. The van der Waals surface area contributed by atoms with Gasteiger partial charge in [0.1, 0.15) is 11.5 Å². The predicted molar refractivity (Wildman–Crippen MR) is 129 cm³/mol. The van der Waals surface area contributed by atoms with Gasteiger partial charge in [0.25, 0.3) is 0 Å². The molecular weight excluding hydrogens is 488 g/mol. The molecule has 0 saturated carbocycles. The molecule has 1 N–H and O–H groups in total. The van der Waals surface area contributed by atoms with Crippen LogP contribution in [0.15, 0.2) is 59.2 Å². The molecule has 0 aliphatic heterocycles. The molecule has 0 spiro atoms. The predicted octanol–water partition coefficient (Wildman–Crippen LogP) is 4.96. The van der Waals surface area contributed by atoms with Crippen LogP contribution in [0.4, 0.5) is 5.95 Å². The van der Waals surface area contributed by atoms with E-state index in [1.807, 2.05) is 48.5 Å². The average Bonchev–Trinajstić information content (AvgIpc) is 3.31. The lowest BCUT2D eigenvalue weighted by Crippen LogP contribution is -2.09. The second-order valence-electron chi connectivity index (χ2n) is 7.04. The van der Waals surface area contributed by atoms with Gasteiger partial charge in [-0.3, -0.25) is 4.40 Å². The van der Waals surface area contributed by atoms with Crippen LogP contribution in [-0.4, -0.2) is 41.2 Å². The first-order valence-corrected chi connectivity index (χ1v) is 11.1. The maximum Gasteiger partial charge on any atom is 0.358 e. The number of imidazole rings is 1. The molecule has 4 rings (SSSR count). The number of fused-ring (bicyclic) bond motifs is 1. The van der Waals surface area contributed by atoms with Crippen molar-refractivity contribution in [3.8, 4) is 22.8 Å². The highest BCUT2D eigenvalue weighted by Gasteiger charge is 2.20. The summed E-state index contributed by atoms with van der Waals surface area (Å²) in [6.45, 7) is 2.45. The molecule has 0 atom stereocenters. The number of nitrogens with one attached hydrogen (secondary N) is 1. The zero-order valence-corrected chi connectivity index (χ0v) is 20.0. The van der Waals surface area contributed by atoms with E-state index in [4.69, 9.17) is 19.2 Å². The van der Waals surface area contributed by atoms with Crippen molar-refractivity contribution in [3.05, 3.63) is 70.5 Å². The van der Waals surface area contributed by atoms with E-state index in [9.17, 15) is 4.79 Å². The maximum atomic E-state index is 12.3. The number of halogens is 1. The van der Waals surface area contributed by atoms with Crippen LogP contribution in [0.2, 0.25) is 0 Å². The van der Waals surface area contributed by atoms with Crippen LogP contribution in [0.25, 0.3) is 16.9 Å². The molecule has 0 fully saturated rings. The third kappa shape index (κ3) is 4.63. The Bertz CT molecular complexity index is 1290. The number of rotatable bonds is 8. The van der Waals surface area contributed by atoms with E-state index in [2.05, 4.69) is 26.2 Å². The first kappa shape index (κ1) is 22.6. The third-order valence-electron chi connectivity index (χ3n) is 5.02. The van der Waals surface area contributed by atoms with Gasteiger partial charge in [0.2, 0.25) is 5.95 Å². The minimum Gasteiger partial charge on any atom is -0.497 e. The Balaban J connectivity index is 1.79. The summed E-state index contributed by atoms with van der Waals surface area (Å²) in [7, 11) is 3.23. The van der Waals surface area contributed by atoms with E-state index in [1.165, 1.54) is 0 Å². The molecule has 0 saturated heterocycles. The number of esters is 1.